The van der Waals surface area contributed by atoms with Gasteiger partial charge in [0, 0.05) is 0 Å². The number of carbonyl (C=O) groups is 1. The maximum atomic E-state index is 10.9. The van der Waals surface area contributed by atoms with Crippen molar-refractivity contribution in [2.24, 2.45) is 0 Å². The van der Waals surface area contributed by atoms with Crippen LogP contribution in [-0.4, -0.2) is 104 Å². The van der Waals surface area contributed by atoms with Crippen LogP contribution in [0.3, 0.4) is 0 Å². The maximum absolute atomic E-state index is 10.9. The van der Waals surface area contributed by atoms with Crippen molar-refractivity contribution in [2.75, 3.05) is 6.61 Å². The molecule has 0 radical (unpaired) electrons. The van der Waals surface area contributed by atoms with Crippen molar-refractivity contribution in [2.45, 2.75) is 55.3 Å². The van der Waals surface area contributed by atoms with Crippen LogP contribution in [0.4, 0.5) is 0 Å². The molecule has 0 spiro atoms. The van der Waals surface area contributed by atoms with Crippen LogP contribution >= 0.6 is 0 Å². The van der Waals surface area contributed by atoms with Crippen molar-refractivity contribution in [1.82, 2.24) is 0 Å². The van der Waals surface area contributed by atoms with Gasteiger partial charge in [0.05, 0.1) is 6.61 Å². The Morgan fingerprint density at radius 3 is 2.18 bits per heavy atom. The maximum Gasteiger partial charge on any atom is 0.335 e. The fraction of sp³-hybridized carbons (Fsp3) is 0.909. The van der Waals surface area contributed by atoms with E-state index in [4.69, 9.17) is 14.6 Å². The molecule has 0 amide bonds. The molecule has 0 aromatic carbocycles. The second-order valence-corrected chi connectivity index (χ2v) is 5.12. The van der Waals surface area contributed by atoms with E-state index in [1.807, 2.05) is 0 Å². The first-order valence-corrected chi connectivity index (χ1v) is 6.47. The van der Waals surface area contributed by atoms with Gasteiger partial charge in [0.25, 0.3) is 0 Å². The summed E-state index contributed by atoms with van der Waals surface area (Å²) >= 11 is 0. The van der Waals surface area contributed by atoms with Crippen molar-refractivity contribution < 1.29 is 54.8 Å². The Hall–Kier alpha value is -0.890. The van der Waals surface area contributed by atoms with Gasteiger partial charge in [-0.15, -0.1) is 0 Å². The van der Waals surface area contributed by atoms with Crippen LogP contribution < -0.4 is 0 Å². The Balaban J connectivity index is 2.11. The highest BCUT2D eigenvalue weighted by atomic mass is 16.7. The molecule has 9 unspecified atom stereocenters. The predicted molar refractivity (Wildman–Crippen MR) is 63.2 cm³/mol. The van der Waals surface area contributed by atoms with Crippen molar-refractivity contribution in [3.8, 4) is 0 Å². The van der Waals surface area contributed by atoms with E-state index in [1.165, 1.54) is 0 Å². The summed E-state index contributed by atoms with van der Waals surface area (Å²) in [4.78, 5) is 10.9. The molecule has 0 aromatic heterocycles. The normalized spacial score (nSPS) is 49.8. The third-order valence-electron chi connectivity index (χ3n) is 3.55. The van der Waals surface area contributed by atoms with Crippen LogP contribution in [0, 0.1) is 0 Å². The number of ether oxygens (including phenoxy) is 3. The average molecular weight is 326 g/mol. The number of hydrogen-bond acceptors (Lipinski definition) is 10. The van der Waals surface area contributed by atoms with Crippen molar-refractivity contribution >= 4 is 5.97 Å². The highest BCUT2D eigenvalue weighted by Crippen LogP contribution is 2.26. The van der Waals surface area contributed by atoms with Crippen LogP contribution in [-0.2, 0) is 19.0 Å². The molecule has 0 aromatic rings. The summed E-state index contributed by atoms with van der Waals surface area (Å²) in [5.41, 5.74) is 0. The lowest BCUT2D eigenvalue weighted by Gasteiger charge is -2.42. The Morgan fingerprint density at radius 2 is 1.59 bits per heavy atom. The van der Waals surface area contributed by atoms with Gasteiger partial charge in [-0.2, -0.15) is 0 Å². The quantitative estimate of drug-likeness (QED) is 0.264. The van der Waals surface area contributed by atoms with Crippen LogP contribution in [0.25, 0.3) is 0 Å². The third kappa shape index (κ3) is 3.22. The number of aliphatic hydroxyl groups is 6. The monoisotopic (exact) mass is 326 g/mol. The Labute approximate surface area is 123 Å². The zero-order valence-corrected chi connectivity index (χ0v) is 11.2. The summed E-state index contributed by atoms with van der Waals surface area (Å²) < 4.78 is 14.6. The lowest BCUT2D eigenvalue weighted by atomic mass is 9.98. The summed E-state index contributed by atoms with van der Waals surface area (Å²) in [6.07, 6.45) is -15.4. The zero-order valence-electron chi connectivity index (χ0n) is 11.2. The molecule has 0 saturated carbocycles. The second-order valence-electron chi connectivity index (χ2n) is 5.12. The van der Waals surface area contributed by atoms with Gasteiger partial charge in [-0.25, -0.2) is 4.79 Å². The molecule has 9 atom stereocenters. The van der Waals surface area contributed by atoms with Crippen LogP contribution in [0.1, 0.15) is 0 Å². The van der Waals surface area contributed by atoms with E-state index >= 15 is 0 Å². The van der Waals surface area contributed by atoms with E-state index in [0.717, 1.165) is 0 Å². The van der Waals surface area contributed by atoms with E-state index in [1.54, 1.807) is 0 Å². The average Bonchev–Trinajstić information content (AvgIpc) is 2.47. The lowest BCUT2D eigenvalue weighted by molar-refractivity contribution is -0.340. The minimum atomic E-state index is -1.89. The molecule has 11 heteroatoms. The van der Waals surface area contributed by atoms with E-state index in [-0.39, 0.29) is 6.61 Å². The third-order valence-corrected chi connectivity index (χ3v) is 3.55. The lowest BCUT2D eigenvalue weighted by Crippen LogP contribution is -2.63. The molecule has 22 heavy (non-hydrogen) atoms. The van der Waals surface area contributed by atoms with E-state index in [9.17, 15) is 35.4 Å². The van der Waals surface area contributed by atoms with Gasteiger partial charge in [-0.05, 0) is 0 Å². The van der Waals surface area contributed by atoms with Gasteiger partial charge in [0.15, 0.2) is 18.7 Å². The second kappa shape index (κ2) is 6.70. The molecule has 128 valence electrons. The van der Waals surface area contributed by atoms with Crippen LogP contribution in [0.15, 0.2) is 0 Å². The molecule has 0 bridgehead atoms. The molecule has 2 aliphatic heterocycles. The standard InChI is InChI=1S/C11H18O11/c12-2-1-20-10(19)6(16)7(2)21-11-5(15)3(13)4(14)8(22-11)9(17)18/h2-8,10-16,19H,1H2,(H,17,18). The molecule has 2 saturated heterocycles. The highest BCUT2D eigenvalue weighted by Gasteiger charge is 2.50. The molecule has 2 heterocycles. The van der Waals surface area contributed by atoms with Gasteiger partial charge < -0.3 is 50.0 Å². The Kier molecular flexibility index (Phi) is 5.32. The summed E-state index contributed by atoms with van der Waals surface area (Å²) in [6, 6.07) is 0. The summed E-state index contributed by atoms with van der Waals surface area (Å²) in [6.45, 7) is -0.376. The predicted octanol–water partition coefficient (Wildman–Crippen LogP) is -4.67. The molecule has 0 aliphatic carbocycles. The topological polar surface area (TPSA) is 186 Å². The van der Waals surface area contributed by atoms with Gasteiger partial charge >= 0.3 is 5.97 Å². The molecule has 11 nitrogen and oxygen atoms in total. The van der Waals surface area contributed by atoms with E-state index in [0.29, 0.717) is 0 Å². The Bertz CT molecular complexity index is 403. The van der Waals surface area contributed by atoms with E-state index < -0.39 is 61.3 Å². The molecule has 2 rings (SSSR count). The summed E-state index contributed by atoms with van der Waals surface area (Å²) in [5.74, 6) is -1.60. The fourth-order valence-electron chi connectivity index (χ4n) is 2.27. The Morgan fingerprint density at radius 1 is 0.955 bits per heavy atom. The van der Waals surface area contributed by atoms with Gasteiger partial charge in [0.1, 0.15) is 36.6 Å². The molecular formula is C11H18O11. The highest BCUT2D eigenvalue weighted by molar-refractivity contribution is 5.73. The largest absolute Gasteiger partial charge is 0.479 e. The number of aliphatic carboxylic acids is 1. The number of carboxylic acids is 1. The first-order chi connectivity index (χ1) is 10.2. The molecular weight excluding hydrogens is 308 g/mol. The fourth-order valence-corrected chi connectivity index (χ4v) is 2.27. The smallest absolute Gasteiger partial charge is 0.335 e. The van der Waals surface area contributed by atoms with Gasteiger partial charge in [-0.1, -0.05) is 0 Å². The van der Waals surface area contributed by atoms with Crippen LogP contribution in [0.2, 0.25) is 0 Å². The SMILES string of the molecule is O=C(O)C1OC(OC2C(O)COC(O)C2O)C(O)C(O)C1O. The van der Waals surface area contributed by atoms with Gasteiger partial charge in [0.2, 0.25) is 0 Å². The van der Waals surface area contributed by atoms with Gasteiger partial charge in [-0.3, -0.25) is 0 Å². The first-order valence-electron chi connectivity index (χ1n) is 6.47. The number of carboxylic acid groups (broad SMARTS) is 1. The molecule has 2 fully saturated rings. The van der Waals surface area contributed by atoms with E-state index in [2.05, 4.69) is 4.74 Å². The van der Waals surface area contributed by atoms with Crippen molar-refractivity contribution in [1.29, 1.82) is 0 Å². The minimum Gasteiger partial charge on any atom is -0.479 e. The number of rotatable bonds is 3. The molecule has 2 aliphatic rings. The van der Waals surface area contributed by atoms with Crippen molar-refractivity contribution in [3.05, 3.63) is 0 Å². The summed E-state index contributed by atoms with van der Waals surface area (Å²) in [7, 11) is 0. The van der Waals surface area contributed by atoms with Crippen LogP contribution in [0.5, 0.6) is 0 Å². The molecule has 7 N–H and O–H groups in total. The first kappa shape index (κ1) is 17.5. The van der Waals surface area contributed by atoms with Crippen molar-refractivity contribution in [3.63, 3.8) is 0 Å². The number of aliphatic hydroxyl groups excluding tert-OH is 6. The zero-order chi connectivity index (χ0) is 16.6. The summed E-state index contributed by atoms with van der Waals surface area (Å²) in [5, 5.41) is 66.5. The minimum absolute atomic E-state index is 0.376. The number of hydrogen-bond donors (Lipinski definition) is 7.